The van der Waals surface area contributed by atoms with Gasteiger partial charge in [-0.3, -0.25) is 0 Å². The Hall–Kier alpha value is -2.61. The highest BCUT2D eigenvalue weighted by molar-refractivity contribution is 5.88. The molecule has 0 fully saturated rings. The van der Waals surface area contributed by atoms with Gasteiger partial charge in [-0.1, -0.05) is 61.2 Å². The van der Waals surface area contributed by atoms with Crippen LogP contribution >= 0.6 is 0 Å². The van der Waals surface area contributed by atoms with Crippen molar-refractivity contribution in [3.63, 3.8) is 0 Å². The predicted octanol–water partition coefficient (Wildman–Crippen LogP) is 4.34. The highest BCUT2D eigenvalue weighted by Crippen LogP contribution is 2.15. The molecule has 0 unspecified atom stereocenters. The van der Waals surface area contributed by atoms with Gasteiger partial charge < -0.3 is 4.74 Å². The van der Waals surface area contributed by atoms with Gasteiger partial charge in [0.1, 0.15) is 5.75 Å². The fourth-order valence-corrected chi connectivity index (χ4v) is 1.60. The fraction of sp³-hybridized carbons (Fsp3) is 0.0556. The van der Waals surface area contributed by atoms with Crippen LogP contribution in [0.5, 0.6) is 5.75 Å². The quantitative estimate of drug-likeness (QED) is 0.355. The van der Waals surface area contributed by atoms with Gasteiger partial charge >= 0.3 is 5.97 Å². The van der Waals surface area contributed by atoms with Gasteiger partial charge in [-0.15, -0.1) is 0 Å². The molecule has 0 aliphatic rings. The van der Waals surface area contributed by atoms with E-state index < -0.39 is 5.97 Å². The van der Waals surface area contributed by atoms with E-state index in [1.807, 2.05) is 54.6 Å². The summed E-state index contributed by atoms with van der Waals surface area (Å²) < 4.78 is 5.13. The van der Waals surface area contributed by atoms with Crippen LogP contribution in [0.1, 0.15) is 18.1 Å². The van der Waals surface area contributed by atoms with Crippen LogP contribution in [0.3, 0.4) is 0 Å². The van der Waals surface area contributed by atoms with E-state index in [2.05, 4.69) is 6.58 Å². The Labute approximate surface area is 119 Å². The van der Waals surface area contributed by atoms with E-state index in [1.165, 1.54) is 0 Å². The monoisotopic (exact) mass is 264 g/mol. The van der Waals surface area contributed by atoms with E-state index in [1.54, 1.807) is 19.1 Å². The first kappa shape index (κ1) is 13.8. The summed E-state index contributed by atoms with van der Waals surface area (Å²) in [6.45, 7) is 5.17. The minimum Gasteiger partial charge on any atom is -0.423 e. The molecule has 0 saturated carbocycles. The van der Waals surface area contributed by atoms with E-state index >= 15 is 0 Å². The fourth-order valence-electron chi connectivity index (χ4n) is 1.60. The maximum Gasteiger partial charge on any atom is 0.338 e. The van der Waals surface area contributed by atoms with Crippen LogP contribution in [0, 0.1) is 0 Å². The molecule has 2 aromatic rings. The van der Waals surface area contributed by atoms with Crippen LogP contribution in [0.15, 0.2) is 66.7 Å². The molecule has 0 bridgehead atoms. The minimum absolute atomic E-state index is 0.387. The number of rotatable bonds is 4. The first-order valence-corrected chi connectivity index (χ1v) is 6.36. The summed E-state index contributed by atoms with van der Waals surface area (Å²) in [5, 5.41) is 0. The standard InChI is InChI=1S/C18H16O2/c1-14(2)18(19)20-17-12-10-16(11-13-17)9-8-15-6-4-3-5-7-15/h3-13H,1H2,2H3. The second kappa shape index (κ2) is 6.53. The Morgan fingerprint density at radius 2 is 1.50 bits per heavy atom. The molecule has 0 aromatic heterocycles. The van der Waals surface area contributed by atoms with Crippen LogP contribution < -0.4 is 4.74 Å². The summed E-state index contributed by atoms with van der Waals surface area (Å²) in [5.41, 5.74) is 2.58. The third kappa shape index (κ3) is 3.95. The Morgan fingerprint density at radius 1 is 0.950 bits per heavy atom. The van der Waals surface area contributed by atoms with Crippen molar-refractivity contribution in [1.29, 1.82) is 0 Å². The molecule has 0 aliphatic carbocycles. The summed E-state index contributed by atoms with van der Waals surface area (Å²) in [4.78, 5) is 11.4. The van der Waals surface area contributed by atoms with Crippen molar-refractivity contribution in [1.82, 2.24) is 0 Å². The lowest BCUT2D eigenvalue weighted by atomic mass is 10.1. The van der Waals surface area contributed by atoms with Gasteiger partial charge in [0, 0.05) is 5.57 Å². The van der Waals surface area contributed by atoms with Crippen molar-refractivity contribution in [2.24, 2.45) is 0 Å². The zero-order chi connectivity index (χ0) is 14.4. The Morgan fingerprint density at radius 3 is 2.05 bits per heavy atom. The zero-order valence-corrected chi connectivity index (χ0v) is 11.4. The van der Waals surface area contributed by atoms with E-state index in [0.29, 0.717) is 11.3 Å². The first-order chi connectivity index (χ1) is 9.65. The lowest BCUT2D eigenvalue weighted by Gasteiger charge is -2.03. The molecule has 0 amide bonds. The first-order valence-electron chi connectivity index (χ1n) is 6.36. The van der Waals surface area contributed by atoms with Gasteiger partial charge in [0.15, 0.2) is 0 Å². The Bertz CT molecular complexity index is 622. The van der Waals surface area contributed by atoms with E-state index in [-0.39, 0.29) is 0 Å². The largest absolute Gasteiger partial charge is 0.423 e. The Kier molecular flexibility index (Phi) is 4.51. The third-order valence-corrected chi connectivity index (χ3v) is 2.71. The number of carbonyl (C=O) groups excluding carboxylic acids is 1. The average molecular weight is 264 g/mol. The number of carbonyl (C=O) groups is 1. The van der Waals surface area contributed by atoms with E-state index in [4.69, 9.17) is 4.74 Å². The van der Waals surface area contributed by atoms with Gasteiger partial charge in [-0.2, -0.15) is 0 Å². The van der Waals surface area contributed by atoms with Gasteiger partial charge in [0.2, 0.25) is 0 Å². The molecule has 0 atom stereocenters. The SMILES string of the molecule is C=C(C)C(=O)Oc1ccc(C=Cc2ccccc2)cc1. The molecule has 2 nitrogen and oxygen atoms in total. The number of hydrogen-bond acceptors (Lipinski definition) is 2. The van der Waals surface area contributed by atoms with Crippen molar-refractivity contribution in [2.45, 2.75) is 6.92 Å². The van der Waals surface area contributed by atoms with Crippen LogP contribution in [0.2, 0.25) is 0 Å². The topological polar surface area (TPSA) is 26.3 Å². The molecule has 0 N–H and O–H groups in total. The molecule has 2 rings (SSSR count). The van der Waals surface area contributed by atoms with Crippen LogP contribution in [-0.2, 0) is 4.79 Å². The molecule has 2 heteroatoms. The summed E-state index contributed by atoms with van der Waals surface area (Å²) in [5.74, 6) is 0.118. The predicted molar refractivity (Wildman–Crippen MR) is 82.3 cm³/mol. The van der Waals surface area contributed by atoms with Gasteiger partial charge in [0.05, 0.1) is 0 Å². The second-order valence-corrected chi connectivity index (χ2v) is 4.48. The number of esters is 1. The highest BCUT2D eigenvalue weighted by atomic mass is 16.5. The van der Waals surface area contributed by atoms with E-state index in [9.17, 15) is 4.79 Å². The zero-order valence-electron chi connectivity index (χ0n) is 11.4. The summed E-state index contributed by atoms with van der Waals surface area (Å²) in [6.07, 6.45) is 4.05. The lowest BCUT2D eigenvalue weighted by molar-refractivity contribution is -0.130. The molecular weight excluding hydrogens is 248 g/mol. The third-order valence-electron chi connectivity index (χ3n) is 2.71. The van der Waals surface area contributed by atoms with Crippen molar-refractivity contribution >= 4 is 18.1 Å². The molecule has 20 heavy (non-hydrogen) atoms. The number of benzene rings is 2. The van der Waals surface area contributed by atoms with Crippen molar-refractivity contribution in [2.75, 3.05) is 0 Å². The molecule has 0 spiro atoms. The number of ether oxygens (including phenoxy) is 1. The van der Waals surface area contributed by atoms with Crippen LogP contribution in [0.4, 0.5) is 0 Å². The van der Waals surface area contributed by atoms with Crippen molar-refractivity contribution in [3.8, 4) is 5.75 Å². The van der Waals surface area contributed by atoms with Gasteiger partial charge in [-0.05, 0) is 30.2 Å². The summed E-state index contributed by atoms with van der Waals surface area (Å²) >= 11 is 0. The smallest absolute Gasteiger partial charge is 0.338 e. The lowest BCUT2D eigenvalue weighted by Crippen LogP contribution is -2.07. The van der Waals surface area contributed by atoms with E-state index in [0.717, 1.165) is 11.1 Å². The summed E-state index contributed by atoms with van der Waals surface area (Å²) in [7, 11) is 0. The molecule has 0 heterocycles. The minimum atomic E-state index is -0.405. The summed E-state index contributed by atoms with van der Waals surface area (Å²) in [6, 6.07) is 17.4. The highest BCUT2D eigenvalue weighted by Gasteiger charge is 2.04. The molecular formula is C18H16O2. The maximum absolute atomic E-state index is 11.4. The normalized spacial score (nSPS) is 10.4. The van der Waals surface area contributed by atoms with Crippen LogP contribution in [0.25, 0.3) is 12.2 Å². The average Bonchev–Trinajstić information content (AvgIpc) is 2.47. The Balaban J connectivity index is 2.03. The molecule has 2 aromatic carbocycles. The van der Waals surface area contributed by atoms with Crippen LogP contribution in [-0.4, -0.2) is 5.97 Å². The van der Waals surface area contributed by atoms with Gasteiger partial charge in [-0.25, -0.2) is 4.79 Å². The molecule has 100 valence electrons. The van der Waals surface area contributed by atoms with Gasteiger partial charge in [0.25, 0.3) is 0 Å². The molecule has 0 saturated heterocycles. The maximum atomic E-state index is 11.4. The van der Waals surface area contributed by atoms with Crippen molar-refractivity contribution < 1.29 is 9.53 Å². The van der Waals surface area contributed by atoms with Crippen molar-refractivity contribution in [3.05, 3.63) is 77.9 Å². The second-order valence-electron chi connectivity index (χ2n) is 4.48. The number of hydrogen-bond donors (Lipinski definition) is 0. The molecule has 0 aliphatic heterocycles. The molecule has 0 radical (unpaired) electrons.